The van der Waals surface area contributed by atoms with Gasteiger partial charge in [0.25, 0.3) is 5.91 Å². The van der Waals surface area contributed by atoms with Crippen LogP contribution < -0.4 is 11.0 Å². The van der Waals surface area contributed by atoms with Crippen LogP contribution in [0.2, 0.25) is 0 Å². The molecule has 3 rings (SSSR count). The number of rotatable bonds is 3. The van der Waals surface area contributed by atoms with Gasteiger partial charge in [-0.3, -0.25) is 13.9 Å². The van der Waals surface area contributed by atoms with Crippen molar-refractivity contribution in [1.29, 1.82) is 0 Å². The van der Waals surface area contributed by atoms with E-state index >= 15 is 0 Å². The van der Waals surface area contributed by atoms with Gasteiger partial charge in [0.2, 0.25) is 0 Å². The molecule has 1 atom stereocenters. The molecule has 0 aliphatic carbocycles. The number of benzene rings is 2. The molecule has 1 heterocycles. The summed E-state index contributed by atoms with van der Waals surface area (Å²) in [4.78, 5) is 24.4. The molecule has 23 heavy (non-hydrogen) atoms. The predicted octanol–water partition coefficient (Wildman–Crippen LogP) is 2.37. The third kappa shape index (κ3) is 2.65. The first kappa shape index (κ1) is 15.1. The SMILES string of the molecule is CC(NC(=O)c1ccc2c(c1)n(C)c(=O)n2C)c1ccccc1. The Kier molecular flexibility index (Phi) is 3.78. The van der Waals surface area contributed by atoms with Crippen LogP contribution in [0.4, 0.5) is 0 Å². The van der Waals surface area contributed by atoms with Crippen molar-refractivity contribution in [2.45, 2.75) is 13.0 Å². The fourth-order valence-electron chi connectivity index (χ4n) is 2.75. The summed E-state index contributed by atoms with van der Waals surface area (Å²) in [5, 5.41) is 2.98. The third-order valence-corrected chi connectivity index (χ3v) is 4.18. The van der Waals surface area contributed by atoms with Crippen molar-refractivity contribution >= 4 is 16.9 Å². The number of imidazole rings is 1. The molecule has 0 aliphatic heterocycles. The summed E-state index contributed by atoms with van der Waals surface area (Å²) in [6.07, 6.45) is 0. The van der Waals surface area contributed by atoms with Crippen LogP contribution in [-0.4, -0.2) is 15.0 Å². The summed E-state index contributed by atoms with van der Waals surface area (Å²) in [6, 6.07) is 15.0. The number of aryl methyl sites for hydroxylation is 2. The molecule has 1 amide bonds. The van der Waals surface area contributed by atoms with E-state index in [0.29, 0.717) is 5.56 Å². The Morgan fingerprint density at radius 1 is 1.00 bits per heavy atom. The lowest BCUT2D eigenvalue weighted by molar-refractivity contribution is 0.0940. The second-order valence-corrected chi connectivity index (χ2v) is 5.71. The molecule has 3 aromatic rings. The van der Waals surface area contributed by atoms with Gasteiger partial charge < -0.3 is 5.32 Å². The Labute approximate surface area is 134 Å². The van der Waals surface area contributed by atoms with Crippen molar-refractivity contribution in [2.24, 2.45) is 14.1 Å². The van der Waals surface area contributed by atoms with Crippen LogP contribution in [0.25, 0.3) is 11.0 Å². The highest BCUT2D eigenvalue weighted by Crippen LogP contribution is 2.16. The molecule has 1 N–H and O–H groups in total. The van der Waals surface area contributed by atoms with E-state index in [9.17, 15) is 9.59 Å². The van der Waals surface area contributed by atoms with Crippen LogP contribution in [0, 0.1) is 0 Å². The first-order chi connectivity index (χ1) is 11.0. The number of aromatic nitrogens is 2. The van der Waals surface area contributed by atoms with Gasteiger partial charge in [-0.05, 0) is 30.7 Å². The van der Waals surface area contributed by atoms with E-state index in [4.69, 9.17) is 0 Å². The minimum atomic E-state index is -0.153. The van der Waals surface area contributed by atoms with Gasteiger partial charge in [-0.15, -0.1) is 0 Å². The molecule has 0 aliphatic rings. The van der Waals surface area contributed by atoms with Gasteiger partial charge >= 0.3 is 5.69 Å². The van der Waals surface area contributed by atoms with Crippen LogP contribution in [0.5, 0.6) is 0 Å². The zero-order valence-corrected chi connectivity index (χ0v) is 13.4. The molecular formula is C18H19N3O2. The van der Waals surface area contributed by atoms with Crippen LogP contribution in [0.1, 0.15) is 28.9 Å². The zero-order chi connectivity index (χ0) is 16.6. The summed E-state index contributed by atoms with van der Waals surface area (Å²) in [5.74, 6) is -0.153. The summed E-state index contributed by atoms with van der Waals surface area (Å²) in [7, 11) is 3.43. The molecule has 0 radical (unpaired) electrons. The fourth-order valence-corrected chi connectivity index (χ4v) is 2.75. The average molecular weight is 309 g/mol. The molecule has 0 spiro atoms. The maximum Gasteiger partial charge on any atom is 0.328 e. The number of carbonyl (C=O) groups is 1. The van der Waals surface area contributed by atoms with Crippen molar-refractivity contribution in [3.05, 3.63) is 70.1 Å². The first-order valence-corrected chi connectivity index (χ1v) is 7.50. The van der Waals surface area contributed by atoms with Gasteiger partial charge in [-0.25, -0.2) is 4.79 Å². The van der Waals surface area contributed by atoms with Gasteiger partial charge in [-0.2, -0.15) is 0 Å². The number of nitrogens with zero attached hydrogens (tertiary/aromatic N) is 2. The van der Waals surface area contributed by atoms with Crippen molar-refractivity contribution in [1.82, 2.24) is 14.5 Å². The molecule has 0 bridgehead atoms. The van der Waals surface area contributed by atoms with E-state index in [2.05, 4.69) is 5.32 Å². The molecule has 1 aromatic heterocycles. The predicted molar refractivity (Wildman–Crippen MR) is 90.5 cm³/mol. The highest BCUT2D eigenvalue weighted by molar-refractivity contribution is 5.97. The number of carbonyl (C=O) groups excluding carboxylic acids is 1. The zero-order valence-electron chi connectivity index (χ0n) is 13.4. The Balaban J connectivity index is 1.90. The Bertz CT molecular complexity index is 923. The lowest BCUT2D eigenvalue weighted by Crippen LogP contribution is -2.26. The van der Waals surface area contributed by atoms with Crippen molar-refractivity contribution in [3.8, 4) is 0 Å². The maximum absolute atomic E-state index is 12.5. The smallest absolute Gasteiger partial charge is 0.328 e. The minimum absolute atomic E-state index is 0.0843. The molecular weight excluding hydrogens is 290 g/mol. The quantitative estimate of drug-likeness (QED) is 0.807. The number of fused-ring (bicyclic) bond motifs is 1. The standard InChI is InChI=1S/C18H19N3O2/c1-12(13-7-5-4-6-8-13)19-17(22)14-9-10-15-16(11-14)21(3)18(23)20(15)2/h4-12H,1-3H3,(H,19,22). The van der Waals surface area contributed by atoms with E-state index in [1.807, 2.05) is 37.3 Å². The molecule has 0 fully saturated rings. The second-order valence-electron chi connectivity index (χ2n) is 5.71. The number of hydrogen-bond donors (Lipinski definition) is 1. The molecule has 5 heteroatoms. The Hall–Kier alpha value is -2.82. The van der Waals surface area contributed by atoms with Gasteiger partial charge in [-0.1, -0.05) is 30.3 Å². The van der Waals surface area contributed by atoms with Gasteiger partial charge in [0.15, 0.2) is 0 Å². The van der Waals surface area contributed by atoms with E-state index in [-0.39, 0.29) is 17.6 Å². The van der Waals surface area contributed by atoms with Gasteiger partial charge in [0.05, 0.1) is 17.1 Å². The summed E-state index contributed by atoms with van der Waals surface area (Å²) >= 11 is 0. The minimum Gasteiger partial charge on any atom is -0.346 e. The summed E-state index contributed by atoms with van der Waals surface area (Å²) in [5.41, 5.74) is 3.05. The lowest BCUT2D eigenvalue weighted by Gasteiger charge is -2.14. The molecule has 2 aromatic carbocycles. The number of hydrogen-bond acceptors (Lipinski definition) is 2. The topological polar surface area (TPSA) is 56.0 Å². The van der Waals surface area contributed by atoms with E-state index in [0.717, 1.165) is 16.6 Å². The van der Waals surface area contributed by atoms with Crippen molar-refractivity contribution < 1.29 is 4.79 Å². The third-order valence-electron chi connectivity index (χ3n) is 4.18. The molecule has 0 saturated carbocycles. The van der Waals surface area contributed by atoms with Crippen LogP contribution in [0.15, 0.2) is 53.3 Å². The average Bonchev–Trinajstić information content (AvgIpc) is 2.79. The van der Waals surface area contributed by atoms with Gasteiger partial charge in [0.1, 0.15) is 0 Å². The van der Waals surface area contributed by atoms with Crippen molar-refractivity contribution in [2.75, 3.05) is 0 Å². The summed E-state index contributed by atoms with van der Waals surface area (Å²) < 4.78 is 3.12. The largest absolute Gasteiger partial charge is 0.346 e. The van der Waals surface area contributed by atoms with E-state index < -0.39 is 0 Å². The van der Waals surface area contributed by atoms with Crippen molar-refractivity contribution in [3.63, 3.8) is 0 Å². The highest BCUT2D eigenvalue weighted by atomic mass is 16.2. The molecule has 1 unspecified atom stereocenters. The van der Waals surface area contributed by atoms with E-state index in [1.54, 1.807) is 41.4 Å². The molecule has 5 nitrogen and oxygen atoms in total. The highest BCUT2D eigenvalue weighted by Gasteiger charge is 2.14. The number of nitrogens with one attached hydrogen (secondary N) is 1. The molecule has 0 saturated heterocycles. The second kappa shape index (κ2) is 5.76. The summed E-state index contributed by atoms with van der Waals surface area (Å²) in [6.45, 7) is 1.95. The molecule has 118 valence electrons. The van der Waals surface area contributed by atoms with E-state index in [1.165, 1.54) is 0 Å². The number of amides is 1. The monoisotopic (exact) mass is 309 g/mol. The Morgan fingerprint density at radius 2 is 1.65 bits per heavy atom. The lowest BCUT2D eigenvalue weighted by atomic mass is 10.1. The Morgan fingerprint density at radius 3 is 2.35 bits per heavy atom. The van der Waals surface area contributed by atoms with Crippen LogP contribution in [-0.2, 0) is 14.1 Å². The normalized spacial score (nSPS) is 12.3. The maximum atomic E-state index is 12.5. The van der Waals surface area contributed by atoms with Crippen LogP contribution in [0.3, 0.4) is 0 Å². The van der Waals surface area contributed by atoms with Gasteiger partial charge in [0, 0.05) is 19.7 Å². The van der Waals surface area contributed by atoms with Crippen LogP contribution >= 0.6 is 0 Å². The fraction of sp³-hybridized carbons (Fsp3) is 0.222. The first-order valence-electron chi connectivity index (χ1n) is 7.50.